The van der Waals surface area contributed by atoms with Gasteiger partial charge in [0.05, 0.1) is 20.8 Å². The second-order valence-electron chi connectivity index (χ2n) is 3.63. The molecule has 1 aliphatic rings. The molecule has 0 N–H and O–H groups in total. The van der Waals surface area contributed by atoms with Crippen LogP contribution in [0.3, 0.4) is 0 Å². The number of carbonyl (C=O) groups is 3. The van der Waals surface area contributed by atoms with E-state index in [9.17, 15) is 14.4 Å². The summed E-state index contributed by atoms with van der Waals surface area (Å²) in [5.41, 5.74) is -2.21. The lowest BCUT2D eigenvalue weighted by molar-refractivity contribution is -0.173. The molecule has 0 aliphatic carbocycles. The van der Waals surface area contributed by atoms with Crippen LogP contribution in [-0.2, 0) is 33.3 Å². The minimum absolute atomic E-state index is 0.00569. The first-order valence-corrected chi connectivity index (χ1v) is 5.50. The maximum absolute atomic E-state index is 11.9. The quantitative estimate of drug-likeness (QED) is 0.385. The summed E-state index contributed by atoms with van der Waals surface area (Å²) in [5, 5.41) is 0. The van der Waals surface area contributed by atoms with E-state index in [0.717, 1.165) is 14.2 Å². The van der Waals surface area contributed by atoms with Crippen LogP contribution in [0, 0.1) is 0 Å². The van der Waals surface area contributed by atoms with Crippen LogP contribution in [0.15, 0.2) is 4.99 Å². The normalized spacial score (nSPS) is 20.0. The molecule has 0 fully saturated rings. The Balaban J connectivity index is 3.27. The minimum atomic E-state index is -2.21. The Bertz CT molecular complexity index is 413. The summed E-state index contributed by atoms with van der Waals surface area (Å²) in [7, 11) is 2.14. The van der Waals surface area contributed by atoms with Crippen LogP contribution >= 0.6 is 0 Å². The highest BCUT2D eigenvalue weighted by Crippen LogP contribution is 2.30. The highest BCUT2D eigenvalue weighted by atomic mass is 16.6. The molecule has 0 aromatic rings. The van der Waals surface area contributed by atoms with Gasteiger partial charge in [0.1, 0.15) is 0 Å². The van der Waals surface area contributed by atoms with Gasteiger partial charge < -0.3 is 18.9 Å². The first-order valence-electron chi connectivity index (χ1n) is 5.50. The molecule has 1 aliphatic heterocycles. The second kappa shape index (κ2) is 5.68. The van der Waals surface area contributed by atoms with Crippen molar-refractivity contribution >= 4 is 23.8 Å². The van der Waals surface area contributed by atoms with Crippen molar-refractivity contribution in [3.05, 3.63) is 0 Å². The van der Waals surface area contributed by atoms with Crippen LogP contribution in [0.25, 0.3) is 0 Å². The maximum atomic E-state index is 11.9. The van der Waals surface area contributed by atoms with E-state index in [1.807, 2.05) is 0 Å². The Kier molecular flexibility index (Phi) is 4.47. The monoisotopic (exact) mass is 273 g/mol. The fraction of sp³-hybridized carbons (Fsp3) is 0.636. The Morgan fingerprint density at radius 3 is 2.21 bits per heavy atom. The largest absolute Gasteiger partial charge is 0.467 e. The topological polar surface area (TPSA) is 100 Å². The predicted octanol–water partition coefficient (Wildman–Crippen LogP) is -0.548. The van der Waals surface area contributed by atoms with Crippen molar-refractivity contribution in [2.24, 2.45) is 4.99 Å². The number of ether oxygens (including phenoxy) is 4. The zero-order valence-corrected chi connectivity index (χ0v) is 11.1. The summed E-state index contributed by atoms with van der Waals surface area (Å²) in [4.78, 5) is 39.4. The van der Waals surface area contributed by atoms with Crippen LogP contribution in [-0.4, -0.2) is 56.3 Å². The molecule has 1 unspecified atom stereocenters. The number of carbonyl (C=O) groups excluding carboxylic acids is 3. The number of aliphatic imine (C=N–C) groups is 1. The average molecular weight is 273 g/mol. The van der Waals surface area contributed by atoms with Crippen LogP contribution in [0.1, 0.15) is 13.8 Å². The third kappa shape index (κ3) is 2.38. The molecule has 0 bridgehead atoms. The molecule has 0 aromatic carbocycles. The van der Waals surface area contributed by atoms with Crippen molar-refractivity contribution in [1.82, 2.24) is 0 Å². The molecular weight excluding hydrogens is 258 g/mol. The molecule has 0 saturated heterocycles. The number of hydrogen-bond acceptors (Lipinski definition) is 8. The lowest BCUT2D eigenvalue weighted by Gasteiger charge is -2.24. The van der Waals surface area contributed by atoms with Gasteiger partial charge in [-0.15, -0.1) is 0 Å². The summed E-state index contributed by atoms with van der Waals surface area (Å²) in [6.07, 6.45) is -1.55. The van der Waals surface area contributed by atoms with E-state index in [2.05, 4.69) is 14.5 Å². The van der Waals surface area contributed by atoms with Crippen molar-refractivity contribution in [2.45, 2.75) is 25.5 Å². The fourth-order valence-corrected chi connectivity index (χ4v) is 1.73. The molecule has 0 spiro atoms. The van der Waals surface area contributed by atoms with Gasteiger partial charge in [-0.05, 0) is 6.92 Å². The van der Waals surface area contributed by atoms with E-state index < -0.39 is 29.6 Å². The molecule has 8 nitrogen and oxygen atoms in total. The Labute approximate surface area is 109 Å². The first-order chi connectivity index (χ1) is 8.93. The van der Waals surface area contributed by atoms with Gasteiger partial charge in [-0.3, -0.25) is 0 Å². The zero-order valence-electron chi connectivity index (χ0n) is 11.1. The average Bonchev–Trinajstić information content (AvgIpc) is 2.76. The zero-order chi connectivity index (χ0) is 14.6. The van der Waals surface area contributed by atoms with Crippen molar-refractivity contribution in [2.75, 3.05) is 20.8 Å². The minimum Gasteiger partial charge on any atom is -0.467 e. The van der Waals surface area contributed by atoms with Crippen molar-refractivity contribution < 1.29 is 33.3 Å². The number of hydrogen-bond donors (Lipinski definition) is 0. The predicted molar refractivity (Wildman–Crippen MR) is 61.4 cm³/mol. The molecule has 1 atom stereocenters. The van der Waals surface area contributed by atoms with Crippen LogP contribution in [0.2, 0.25) is 0 Å². The molecule has 0 aromatic heterocycles. The van der Waals surface area contributed by atoms with Gasteiger partial charge in [0.15, 0.2) is 5.90 Å². The standard InChI is InChI=1S/C11H15NO7/c1-5-18-8(13)7-11(9(14)16-3,10(15)17-4)12-6(2)19-7/h7H,5H2,1-4H3. The summed E-state index contributed by atoms with van der Waals surface area (Å²) in [6.45, 7) is 3.05. The van der Waals surface area contributed by atoms with Crippen molar-refractivity contribution in [3.63, 3.8) is 0 Å². The van der Waals surface area contributed by atoms with Crippen LogP contribution in [0.5, 0.6) is 0 Å². The SMILES string of the molecule is CCOC(=O)C1OC(C)=NC1(C(=O)OC)C(=O)OC. The summed E-state index contributed by atoms with van der Waals surface area (Å²) >= 11 is 0. The van der Waals surface area contributed by atoms with E-state index in [1.54, 1.807) is 6.92 Å². The third-order valence-electron chi connectivity index (χ3n) is 2.50. The Morgan fingerprint density at radius 1 is 1.26 bits per heavy atom. The fourth-order valence-electron chi connectivity index (χ4n) is 1.73. The molecule has 0 radical (unpaired) electrons. The molecule has 0 amide bonds. The first kappa shape index (κ1) is 14.9. The summed E-state index contributed by atoms with van der Waals surface area (Å²) in [6, 6.07) is 0. The molecular formula is C11H15NO7. The van der Waals surface area contributed by atoms with Crippen molar-refractivity contribution in [3.8, 4) is 0 Å². The number of methoxy groups -OCH3 is 2. The Hall–Kier alpha value is -2.12. The summed E-state index contributed by atoms with van der Waals surface area (Å²) in [5.74, 6) is -2.99. The molecule has 1 heterocycles. The van der Waals surface area contributed by atoms with E-state index >= 15 is 0 Å². The van der Waals surface area contributed by atoms with Gasteiger partial charge in [-0.1, -0.05) is 0 Å². The highest BCUT2D eigenvalue weighted by molar-refractivity contribution is 6.13. The molecule has 8 heteroatoms. The molecule has 0 saturated carbocycles. The second-order valence-corrected chi connectivity index (χ2v) is 3.63. The van der Waals surface area contributed by atoms with Gasteiger partial charge in [0.2, 0.25) is 6.10 Å². The van der Waals surface area contributed by atoms with Gasteiger partial charge in [0.25, 0.3) is 0 Å². The molecule has 19 heavy (non-hydrogen) atoms. The van der Waals surface area contributed by atoms with E-state index in [1.165, 1.54) is 6.92 Å². The molecule has 1 rings (SSSR count). The highest BCUT2D eigenvalue weighted by Gasteiger charge is 2.64. The van der Waals surface area contributed by atoms with Gasteiger partial charge >= 0.3 is 23.4 Å². The smallest absolute Gasteiger partial charge is 0.351 e. The number of esters is 3. The lowest BCUT2D eigenvalue weighted by atomic mass is 9.93. The van der Waals surface area contributed by atoms with Crippen LogP contribution in [0.4, 0.5) is 0 Å². The number of rotatable bonds is 4. The van der Waals surface area contributed by atoms with Gasteiger partial charge in [0, 0.05) is 6.92 Å². The van der Waals surface area contributed by atoms with Crippen molar-refractivity contribution in [1.29, 1.82) is 0 Å². The van der Waals surface area contributed by atoms with Gasteiger partial charge in [-0.25, -0.2) is 19.4 Å². The Morgan fingerprint density at radius 2 is 1.79 bits per heavy atom. The number of nitrogens with zero attached hydrogens (tertiary/aromatic N) is 1. The van der Waals surface area contributed by atoms with E-state index in [4.69, 9.17) is 9.47 Å². The lowest BCUT2D eigenvalue weighted by Crippen LogP contribution is -2.57. The summed E-state index contributed by atoms with van der Waals surface area (Å²) < 4.78 is 18.9. The maximum Gasteiger partial charge on any atom is 0.351 e. The van der Waals surface area contributed by atoms with E-state index in [0.29, 0.717) is 0 Å². The van der Waals surface area contributed by atoms with Gasteiger partial charge in [-0.2, -0.15) is 0 Å². The third-order valence-corrected chi connectivity index (χ3v) is 2.50. The van der Waals surface area contributed by atoms with Crippen LogP contribution < -0.4 is 0 Å². The molecule has 106 valence electrons. The van der Waals surface area contributed by atoms with E-state index in [-0.39, 0.29) is 12.5 Å².